The van der Waals surface area contributed by atoms with Crippen molar-refractivity contribution in [3.63, 3.8) is 0 Å². The molecule has 3 heterocycles. The largest absolute Gasteiger partial charge is 0.378 e. The molecule has 7 heteroatoms. The molecule has 1 aliphatic carbocycles. The lowest BCUT2D eigenvalue weighted by Gasteiger charge is -2.34. The van der Waals surface area contributed by atoms with Gasteiger partial charge in [0.2, 0.25) is 5.95 Å². The number of nitrogens with zero attached hydrogens (tertiary/aromatic N) is 2. The maximum Gasteiger partial charge on any atom is 0.258 e. The highest BCUT2D eigenvalue weighted by molar-refractivity contribution is 6.00. The minimum Gasteiger partial charge on any atom is -0.378 e. The first kappa shape index (κ1) is 17.2. The van der Waals surface area contributed by atoms with Gasteiger partial charge in [-0.2, -0.15) is 4.98 Å². The third-order valence-corrected chi connectivity index (χ3v) is 5.69. The number of carbonyl (C=O) groups excluding carboxylic acids is 1. The van der Waals surface area contributed by atoms with Crippen LogP contribution in [0.15, 0.2) is 46.4 Å². The van der Waals surface area contributed by atoms with Crippen LogP contribution in [0.3, 0.4) is 0 Å². The number of fused-ring (bicyclic) bond motifs is 1. The quantitative estimate of drug-likeness (QED) is 0.833. The Bertz CT molecular complexity index is 1010. The fourth-order valence-electron chi connectivity index (χ4n) is 4.35. The van der Waals surface area contributed by atoms with E-state index >= 15 is 0 Å². The minimum absolute atomic E-state index is 0.116. The Balaban J connectivity index is 1.67. The molecule has 3 aliphatic rings. The van der Waals surface area contributed by atoms with Crippen molar-refractivity contribution in [2.75, 3.05) is 36.5 Å². The summed E-state index contributed by atoms with van der Waals surface area (Å²) >= 11 is 0. The van der Waals surface area contributed by atoms with Crippen LogP contribution in [0.5, 0.6) is 0 Å². The van der Waals surface area contributed by atoms with Crippen molar-refractivity contribution in [1.82, 2.24) is 9.97 Å². The molecule has 144 valence electrons. The van der Waals surface area contributed by atoms with E-state index in [1.54, 1.807) is 0 Å². The number of hydrogen-bond acceptors (Lipinski definition) is 6. The van der Waals surface area contributed by atoms with Crippen molar-refractivity contribution < 1.29 is 9.53 Å². The summed E-state index contributed by atoms with van der Waals surface area (Å²) in [7, 11) is 0. The molecule has 1 fully saturated rings. The number of H-pyrrole nitrogens is 1. The van der Waals surface area contributed by atoms with Gasteiger partial charge in [-0.1, -0.05) is 30.3 Å². The lowest BCUT2D eigenvalue weighted by molar-refractivity contribution is -0.116. The van der Waals surface area contributed by atoms with Crippen LogP contribution in [0.2, 0.25) is 0 Å². The molecule has 2 N–H and O–H groups in total. The van der Waals surface area contributed by atoms with E-state index in [1.807, 2.05) is 35.2 Å². The summed E-state index contributed by atoms with van der Waals surface area (Å²) < 4.78 is 5.40. The number of Topliss-reactive ketones (excluding diaryl/α,β-unsaturated/α-hetero) is 1. The predicted molar refractivity (Wildman–Crippen MR) is 106 cm³/mol. The van der Waals surface area contributed by atoms with E-state index < -0.39 is 0 Å². The number of morpholine rings is 1. The van der Waals surface area contributed by atoms with Gasteiger partial charge < -0.3 is 15.0 Å². The molecule has 2 aromatic rings. The number of hydrogen-bond donors (Lipinski definition) is 2. The fraction of sp³-hybridized carbons (Fsp3) is 0.381. The summed E-state index contributed by atoms with van der Waals surface area (Å²) in [6.45, 7) is 2.61. The monoisotopic (exact) mass is 378 g/mol. The number of aromatic amines is 1. The average molecular weight is 378 g/mol. The molecule has 28 heavy (non-hydrogen) atoms. The Kier molecular flexibility index (Phi) is 4.24. The SMILES string of the molecule is O=C1CCCC2=C1C(c1ccccc1)c1c(nc(N3CCOCC3)[nH]c1=O)N2. The second-order valence-corrected chi connectivity index (χ2v) is 7.39. The highest BCUT2D eigenvalue weighted by atomic mass is 16.5. The number of ether oxygens (including phenoxy) is 1. The van der Waals surface area contributed by atoms with Gasteiger partial charge in [0.1, 0.15) is 5.82 Å². The second kappa shape index (κ2) is 6.91. The van der Waals surface area contributed by atoms with Crippen LogP contribution >= 0.6 is 0 Å². The van der Waals surface area contributed by atoms with Crippen LogP contribution in [-0.4, -0.2) is 42.1 Å². The van der Waals surface area contributed by atoms with Gasteiger partial charge in [0.15, 0.2) is 5.78 Å². The number of carbonyl (C=O) groups is 1. The Morgan fingerprint density at radius 3 is 2.64 bits per heavy atom. The topological polar surface area (TPSA) is 87.3 Å². The van der Waals surface area contributed by atoms with Gasteiger partial charge in [0.25, 0.3) is 5.56 Å². The molecule has 0 spiro atoms. The number of anilines is 2. The van der Waals surface area contributed by atoms with Crippen LogP contribution in [0.4, 0.5) is 11.8 Å². The van der Waals surface area contributed by atoms with E-state index in [9.17, 15) is 9.59 Å². The lowest BCUT2D eigenvalue weighted by atomic mass is 9.76. The molecule has 1 aromatic carbocycles. The van der Waals surface area contributed by atoms with Crippen LogP contribution in [-0.2, 0) is 9.53 Å². The number of ketones is 1. The Morgan fingerprint density at radius 2 is 1.86 bits per heavy atom. The molecule has 1 saturated heterocycles. The van der Waals surface area contributed by atoms with Crippen molar-refractivity contribution in [2.45, 2.75) is 25.2 Å². The van der Waals surface area contributed by atoms with Crippen molar-refractivity contribution >= 4 is 17.5 Å². The summed E-state index contributed by atoms with van der Waals surface area (Å²) in [4.78, 5) is 35.7. The van der Waals surface area contributed by atoms with Gasteiger partial charge in [-0.3, -0.25) is 14.6 Å². The summed E-state index contributed by atoms with van der Waals surface area (Å²) in [5.74, 6) is 0.852. The van der Waals surface area contributed by atoms with Gasteiger partial charge in [-0.05, 0) is 18.4 Å². The molecular formula is C21H22N4O3. The van der Waals surface area contributed by atoms with E-state index in [0.29, 0.717) is 50.1 Å². The summed E-state index contributed by atoms with van der Waals surface area (Å²) in [5.41, 5.74) is 2.90. The molecule has 7 nitrogen and oxygen atoms in total. The molecule has 0 radical (unpaired) electrons. The van der Waals surface area contributed by atoms with Crippen LogP contribution < -0.4 is 15.8 Å². The zero-order valence-corrected chi connectivity index (χ0v) is 15.5. The highest BCUT2D eigenvalue weighted by Gasteiger charge is 2.38. The van der Waals surface area contributed by atoms with Crippen molar-refractivity contribution in [2.24, 2.45) is 0 Å². The number of rotatable bonds is 2. The van der Waals surface area contributed by atoms with Gasteiger partial charge in [-0.25, -0.2) is 0 Å². The van der Waals surface area contributed by atoms with Crippen molar-refractivity contribution in [1.29, 1.82) is 0 Å². The molecular weight excluding hydrogens is 356 g/mol. The first-order chi connectivity index (χ1) is 13.7. The number of allylic oxidation sites excluding steroid dienone is 2. The molecule has 0 saturated carbocycles. The third kappa shape index (κ3) is 2.82. The second-order valence-electron chi connectivity index (χ2n) is 7.39. The van der Waals surface area contributed by atoms with Crippen LogP contribution in [0.25, 0.3) is 0 Å². The van der Waals surface area contributed by atoms with E-state index in [-0.39, 0.29) is 17.3 Å². The van der Waals surface area contributed by atoms with E-state index in [2.05, 4.69) is 10.3 Å². The minimum atomic E-state index is -0.379. The van der Waals surface area contributed by atoms with Gasteiger partial charge >= 0.3 is 0 Å². The van der Waals surface area contributed by atoms with Crippen LogP contribution in [0, 0.1) is 0 Å². The zero-order valence-electron chi connectivity index (χ0n) is 15.5. The first-order valence-electron chi connectivity index (χ1n) is 9.77. The first-order valence-corrected chi connectivity index (χ1v) is 9.77. The molecule has 0 bridgehead atoms. The van der Waals surface area contributed by atoms with Crippen LogP contribution in [0.1, 0.15) is 36.3 Å². The summed E-state index contributed by atoms with van der Waals surface area (Å²) in [6.07, 6.45) is 2.14. The maximum absolute atomic E-state index is 13.2. The molecule has 2 aliphatic heterocycles. The Labute approximate surface area is 162 Å². The maximum atomic E-state index is 13.2. The molecule has 0 amide bonds. The van der Waals surface area contributed by atoms with Gasteiger partial charge in [0.05, 0.1) is 18.8 Å². The third-order valence-electron chi connectivity index (χ3n) is 5.69. The normalized spacial score (nSPS) is 21.8. The lowest BCUT2D eigenvalue weighted by Crippen LogP contribution is -2.40. The number of aromatic nitrogens is 2. The highest BCUT2D eigenvalue weighted by Crippen LogP contribution is 2.43. The standard InChI is InChI=1S/C21H22N4O3/c26-15-8-4-7-14-17(15)16(13-5-2-1-3-6-13)18-19(22-14)23-21(24-20(18)27)25-9-11-28-12-10-25/h1-3,5-6,16H,4,7-12H2,(H2,22,23,24,27). The summed E-state index contributed by atoms with van der Waals surface area (Å²) in [6, 6.07) is 9.76. The van der Waals surface area contributed by atoms with Crippen molar-refractivity contribution in [3.05, 3.63) is 63.1 Å². The fourth-order valence-corrected chi connectivity index (χ4v) is 4.35. The number of nitrogens with one attached hydrogen (secondary N) is 2. The van der Waals surface area contributed by atoms with E-state index in [0.717, 1.165) is 29.7 Å². The molecule has 1 unspecified atom stereocenters. The summed E-state index contributed by atoms with van der Waals surface area (Å²) in [5, 5.41) is 3.32. The molecule has 1 aromatic heterocycles. The van der Waals surface area contributed by atoms with Crippen molar-refractivity contribution in [3.8, 4) is 0 Å². The smallest absolute Gasteiger partial charge is 0.258 e. The zero-order chi connectivity index (χ0) is 19.1. The Hall–Kier alpha value is -2.93. The van der Waals surface area contributed by atoms with Gasteiger partial charge in [0, 0.05) is 36.7 Å². The van der Waals surface area contributed by atoms with E-state index in [4.69, 9.17) is 9.72 Å². The number of benzene rings is 1. The molecule has 5 rings (SSSR count). The van der Waals surface area contributed by atoms with E-state index in [1.165, 1.54) is 0 Å². The average Bonchev–Trinajstić information content (AvgIpc) is 2.73. The predicted octanol–water partition coefficient (Wildman–Crippen LogP) is 2.17. The Morgan fingerprint density at radius 1 is 1.07 bits per heavy atom. The van der Waals surface area contributed by atoms with Gasteiger partial charge in [-0.15, -0.1) is 0 Å². The molecule has 1 atom stereocenters.